The standard InChI is InChI=1S/C14H20N2S2/c1-5-15-6-12-13(9(2)3)16-14(18-12)11-8-17-7-10(11)4/h7-9,15H,5-6H2,1-4H3. The van der Waals surface area contributed by atoms with Gasteiger partial charge in [-0.1, -0.05) is 20.8 Å². The van der Waals surface area contributed by atoms with Gasteiger partial charge in [0.1, 0.15) is 5.01 Å². The summed E-state index contributed by atoms with van der Waals surface area (Å²) in [4.78, 5) is 6.23. The fourth-order valence-corrected chi connectivity index (χ4v) is 4.05. The van der Waals surface area contributed by atoms with E-state index in [-0.39, 0.29) is 0 Å². The van der Waals surface area contributed by atoms with Crippen LogP contribution in [0, 0.1) is 6.92 Å². The van der Waals surface area contributed by atoms with Crippen molar-refractivity contribution in [3.05, 3.63) is 26.9 Å². The maximum atomic E-state index is 4.85. The van der Waals surface area contributed by atoms with E-state index in [1.807, 2.05) is 11.3 Å². The molecule has 0 aliphatic rings. The Morgan fingerprint density at radius 3 is 2.67 bits per heavy atom. The van der Waals surface area contributed by atoms with Crippen LogP contribution in [0.2, 0.25) is 0 Å². The highest BCUT2D eigenvalue weighted by Crippen LogP contribution is 2.34. The van der Waals surface area contributed by atoms with E-state index in [1.165, 1.54) is 26.7 Å². The molecule has 0 atom stereocenters. The zero-order valence-corrected chi connectivity index (χ0v) is 13.0. The van der Waals surface area contributed by atoms with E-state index in [0.717, 1.165) is 13.1 Å². The third-order valence-corrected chi connectivity index (χ3v) is 4.86. The smallest absolute Gasteiger partial charge is 0.125 e. The fourth-order valence-electron chi connectivity index (χ4n) is 1.87. The van der Waals surface area contributed by atoms with Gasteiger partial charge in [-0.3, -0.25) is 0 Å². The second-order valence-electron chi connectivity index (χ2n) is 4.73. The molecular formula is C14H20N2S2. The minimum Gasteiger partial charge on any atom is -0.312 e. The van der Waals surface area contributed by atoms with Gasteiger partial charge in [-0.2, -0.15) is 11.3 Å². The number of hydrogen-bond donors (Lipinski definition) is 1. The lowest BCUT2D eigenvalue weighted by Crippen LogP contribution is -2.12. The molecule has 4 heteroatoms. The summed E-state index contributed by atoms with van der Waals surface area (Å²) in [6.07, 6.45) is 0. The summed E-state index contributed by atoms with van der Waals surface area (Å²) in [6, 6.07) is 0. The quantitative estimate of drug-likeness (QED) is 0.877. The first-order chi connectivity index (χ1) is 8.63. The van der Waals surface area contributed by atoms with Gasteiger partial charge >= 0.3 is 0 Å². The van der Waals surface area contributed by atoms with E-state index >= 15 is 0 Å². The van der Waals surface area contributed by atoms with Gasteiger partial charge < -0.3 is 5.32 Å². The molecule has 0 aromatic carbocycles. The van der Waals surface area contributed by atoms with Crippen molar-refractivity contribution < 1.29 is 0 Å². The Hall–Kier alpha value is -0.710. The van der Waals surface area contributed by atoms with Gasteiger partial charge in [0.2, 0.25) is 0 Å². The Bertz CT molecular complexity index is 512. The van der Waals surface area contributed by atoms with Crippen molar-refractivity contribution >= 4 is 22.7 Å². The number of aryl methyl sites for hydroxylation is 1. The molecule has 2 aromatic heterocycles. The number of nitrogens with zero attached hydrogens (tertiary/aromatic N) is 1. The van der Waals surface area contributed by atoms with Gasteiger partial charge in [0.25, 0.3) is 0 Å². The lowest BCUT2D eigenvalue weighted by molar-refractivity contribution is 0.714. The molecule has 1 N–H and O–H groups in total. The van der Waals surface area contributed by atoms with Crippen molar-refractivity contribution in [1.29, 1.82) is 0 Å². The van der Waals surface area contributed by atoms with Gasteiger partial charge in [-0.25, -0.2) is 4.98 Å². The molecule has 0 bridgehead atoms. The second kappa shape index (κ2) is 5.95. The van der Waals surface area contributed by atoms with Gasteiger partial charge in [0, 0.05) is 22.4 Å². The van der Waals surface area contributed by atoms with Gasteiger partial charge in [-0.15, -0.1) is 11.3 Å². The molecule has 0 fully saturated rings. The lowest BCUT2D eigenvalue weighted by Gasteiger charge is -2.04. The Morgan fingerprint density at radius 2 is 2.11 bits per heavy atom. The third-order valence-electron chi connectivity index (χ3n) is 2.90. The van der Waals surface area contributed by atoms with Crippen LogP contribution >= 0.6 is 22.7 Å². The van der Waals surface area contributed by atoms with Gasteiger partial charge in [-0.05, 0) is 30.3 Å². The van der Waals surface area contributed by atoms with E-state index in [1.54, 1.807) is 11.3 Å². The maximum Gasteiger partial charge on any atom is 0.125 e. The van der Waals surface area contributed by atoms with Gasteiger partial charge in [0.15, 0.2) is 0 Å². The molecular weight excluding hydrogens is 260 g/mol. The summed E-state index contributed by atoms with van der Waals surface area (Å²) in [6.45, 7) is 10.7. The largest absolute Gasteiger partial charge is 0.312 e. The van der Waals surface area contributed by atoms with Crippen molar-refractivity contribution in [2.75, 3.05) is 6.54 Å². The summed E-state index contributed by atoms with van der Waals surface area (Å²) in [5.74, 6) is 0.489. The molecule has 0 spiro atoms. The summed E-state index contributed by atoms with van der Waals surface area (Å²) in [7, 11) is 0. The van der Waals surface area contributed by atoms with Crippen LogP contribution in [0.4, 0.5) is 0 Å². The van der Waals surface area contributed by atoms with Crippen LogP contribution in [0.1, 0.15) is 42.8 Å². The summed E-state index contributed by atoms with van der Waals surface area (Å²) < 4.78 is 0. The number of thiophene rings is 1. The topological polar surface area (TPSA) is 24.9 Å². The lowest BCUT2D eigenvalue weighted by atomic mass is 10.1. The van der Waals surface area contributed by atoms with E-state index in [2.05, 4.69) is 43.8 Å². The van der Waals surface area contributed by atoms with Crippen LogP contribution in [-0.4, -0.2) is 11.5 Å². The first-order valence-corrected chi connectivity index (χ1v) is 8.12. The van der Waals surface area contributed by atoms with Crippen molar-refractivity contribution in [3.63, 3.8) is 0 Å². The SMILES string of the molecule is CCNCc1sc(-c2cscc2C)nc1C(C)C. The minimum atomic E-state index is 0.489. The fraction of sp³-hybridized carbons (Fsp3) is 0.500. The molecule has 0 aliphatic carbocycles. The highest BCUT2D eigenvalue weighted by molar-refractivity contribution is 7.15. The third kappa shape index (κ3) is 2.82. The van der Waals surface area contributed by atoms with Crippen molar-refractivity contribution in [1.82, 2.24) is 10.3 Å². The Labute approximate surface area is 117 Å². The molecule has 2 nitrogen and oxygen atoms in total. The van der Waals surface area contributed by atoms with Crippen LogP contribution in [-0.2, 0) is 6.54 Å². The first-order valence-electron chi connectivity index (χ1n) is 6.37. The van der Waals surface area contributed by atoms with Crippen LogP contribution in [0.5, 0.6) is 0 Å². The van der Waals surface area contributed by atoms with E-state index in [4.69, 9.17) is 4.98 Å². The monoisotopic (exact) mass is 280 g/mol. The first kappa shape index (κ1) is 13.7. The molecule has 0 radical (unpaired) electrons. The van der Waals surface area contributed by atoms with Crippen LogP contribution in [0.25, 0.3) is 10.6 Å². The van der Waals surface area contributed by atoms with E-state index in [0.29, 0.717) is 5.92 Å². The number of rotatable bonds is 5. The Kier molecular flexibility index (Phi) is 4.54. The Morgan fingerprint density at radius 1 is 1.33 bits per heavy atom. The number of hydrogen-bond acceptors (Lipinski definition) is 4. The van der Waals surface area contributed by atoms with Crippen molar-refractivity contribution in [2.24, 2.45) is 0 Å². The highest BCUT2D eigenvalue weighted by atomic mass is 32.1. The normalized spacial score (nSPS) is 11.4. The number of nitrogens with one attached hydrogen (secondary N) is 1. The second-order valence-corrected chi connectivity index (χ2v) is 6.56. The molecule has 2 rings (SSSR count). The molecule has 98 valence electrons. The summed E-state index contributed by atoms with van der Waals surface area (Å²) >= 11 is 3.59. The zero-order chi connectivity index (χ0) is 13.1. The van der Waals surface area contributed by atoms with E-state index in [9.17, 15) is 0 Å². The molecule has 0 amide bonds. The maximum absolute atomic E-state index is 4.85. The highest BCUT2D eigenvalue weighted by Gasteiger charge is 2.16. The zero-order valence-electron chi connectivity index (χ0n) is 11.4. The van der Waals surface area contributed by atoms with Gasteiger partial charge in [0.05, 0.1) is 5.69 Å². The molecule has 0 saturated carbocycles. The average molecular weight is 280 g/mol. The van der Waals surface area contributed by atoms with Crippen LogP contribution in [0.3, 0.4) is 0 Å². The predicted octanol–water partition coefficient (Wildman–Crippen LogP) is 4.41. The van der Waals surface area contributed by atoms with E-state index < -0.39 is 0 Å². The molecule has 0 aliphatic heterocycles. The van der Waals surface area contributed by atoms with Crippen LogP contribution < -0.4 is 5.32 Å². The van der Waals surface area contributed by atoms with Crippen LogP contribution in [0.15, 0.2) is 10.8 Å². The minimum absolute atomic E-state index is 0.489. The summed E-state index contributed by atoms with van der Waals surface area (Å²) in [5, 5.41) is 8.97. The molecule has 18 heavy (non-hydrogen) atoms. The molecule has 2 aromatic rings. The predicted molar refractivity (Wildman–Crippen MR) is 81.6 cm³/mol. The van der Waals surface area contributed by atoms with Crippen molar-refractivity contribution in [2.45, 2.75) is 40.2 Å². The van der Waals surface area contributed by atoms with Crippen molar-refractivity contribution in [3.8, 4) is 10.6 Å². The number of thiazole rings is 1. The molecule has 2 heterocycles. The number of aromatic nitrogens is 1. The molecule has 0 saturated heterocycles. The molecule has 0 unspecified atom stereocenters. The Balaban J connectivity index is 2.36. The summed E-state index contributed by atoms with van der Waals surface area (Å²) in [5.41, 5.74) is 3.88. The average Bonchev–Trinajstić information content (AvgIpc) is 2.92.